The highest BCUT2D eigenvalue weighted by Gasteiger charge is 2.43. The molecule has 0 radical (unpaired) electrons. The maximum absolute atomic E-state index is 11.1. The molecule has 1 saturated carbocycles. The van der Waals surface area contributed by atoms with Gasteiger partial charge < -0.3 is 22.8 Å². The molecule has 110 valence electrons. The Kier molecular flexibility index (Phi) is 4.83. The van der Waals surface area contributed by atoms with Crippen LogP contribution in [0.1, 0.15) is 25.7 Å². The molecule has 0 spiro atoms. The average molecular weight is 290 g/mol. The zero-order valence-electron chi connectivity index (χ0n) is 11.7. The number of hydrogen-bond acceptors (Lipinski definition) is 6. The van der Waals surface area contributed by atoms with Crippen LogP contribution in [0.3, 0.4) is 0 Å². The molecule has 0 N–H and O–H groups in total. The van der Waals surface area contributed by atoms with Gasteiger partial charge in [-0.15, -0.1) is 0 Å². The summed E-state index contributed by atoms with van der Waals surface area (Å²) in [6.45, 7) is 0. The Morgan fingerprint density at radius 3 is 2.37 bits per heavy atom. The van der Waals surface area contributed by atoms with E-state index >= 15 is 0 Å². The fourth-order valence-corrected chi connectivity index (χ4v) is 4.79. The summed E-state index contributed by atoms with van der Waals surface area (Å²) in [4.78, 5) is 11.1. The van der Waals surface area contributed by atoms with E-state index in [-0.39, 0.29) is 12.2 Å². The molecule has 1 aliphatic heterocycles. The highest BCUT2D eigenvalue weighted by molar-refractivity contribution is 6.60. The van der Waals surface area contributed by atoms with Crippen LogP contribution in [-0.4, -0.2) is 48.5 Å². The van der Waals surface area contributed by atoms with E-state index in [1.165, 1.54) is 0 Å². The van der Waals surface area contributed by atoms with E-state index in [0.717, 1.165) is 31.7 Å². The lowest BCUT2D eigenvalue weighted by molar-refractivity contribution is 0.0755. The molecule has 0 aromatic rings. The smallest absolute Gasteiger partial charge is 0.427 e. The molecule has 2 aliphatic rings. The SMILES string of the molecule is CO[Si](CCC1CCC2OC(=O)OC2C1)(OC)OC. The number of carbonyl (C=O) groups is 1. The van der Waals surface area contributed by atoms with E-state index in [0.29, 0.717) is 5.92 Å². The van der Waals surface area contributed by atoms with Gasteiger partial charge in [0.25, 0.3) is 0 Å². The summed E-state index contributed by atoms with van der Waals surface area (Å²) in [5.41, 5.74) is 0. The fourth-order valence-electron chi connectivity index (χ4n) is 2.92. The van der Waals surface area contributed by atoms with Gasteiger partial charge in [0.05, 0.1) is 0 Å². The van der Waals surface area contributed by atoms with Gasteiger partial charge in [-0.25, -0.2) is 4.79 Å². The fraction of sp³-hybridized carbons (Fsp3) is 0.917. The van der Waals surface area contributed by atoms with Crippen LogP contribution in [0.25, 0.3) is 0 Å². The monoisotopic (exact) mass is 290 g/mol. The highest BCUT2D eigenvalue weighted by atomic mass is 28.4. The van der Waals surface area contributed by atoms with Gasteiger partial charge in [-0.1, -0.05) is 0 Å². The zero-order valence-corrected chi connectivity index (χ0v) is 12.7. The number of ether oxygens (including phenoxy) is 2. The van der Waals surface area contributed by atoms with Gasteiger partial charge in [0.2, 0.25) is 0 Å². The van der Waals surface area contributed by atoms with E-state index in [1.54, 1.807) is 21.3 Å². The second-order valence-electron chi connectivity index (χ2n) is 5.08. The summed E-state index contributed by atoms with van der Waals surface area (Å²) < 4.78 is 26.5. The van der Waals surface area contributed by atoms with Crippen LogP contribution in [0, 0.1) is 5.92 Å². The minimum absolute atomic E-state index is 0.0435. The molecule has 1 heterocycles. The van der Waals surface area contributed by atoms with E-state index in [4.69, 9.17) is 22.8 Å². The number of fused-ring (bicyclic) bond motifs is 1. The van der Waals surface area contributed by atoms with Crippen LogP contribution in [0.5, 0.6) is 0 Å². The predicted octanol–water partition coefficient (Wildman–Crippen LogP) is 1.96. The Bertz CT molecular complexity index is 311. The predicted molar refractivity (Wildman–Crippen MR) is 68.7 cm³/mol. The lowest BCUT2D eigenvalue weighted by Crippen LogP contribution is -2.43. The van der Waals surface area contributed by atoms with Crippen LogP contribution in [0.4, 0.5) is 4.79 Å². The van der Waals surface area contributed by atoms with Crippen LogP contribution in [-0.2, 0) is 22.8 Å². The molecule has 1 saturated heterocycles. The Labute approximate surface area is 114 Å². The minimum Gasteiger partial charge on any atom is -0.427 e. The molecular weight excluding hydrogens is 268 g/mol. The number of rotatable bonds is 6. The number of hydrogen-bond donors (Lipinski definition) is 0. The van der Waals surface area contributed by atoms with Crippen molar-refractivity contribution in [2.45, 2.75) is 43.9 Å². The summed E-state index contributed by atoms with van der Waals surface area (Å²) in [6.07, 6.45) is 3.10. The Morgan fingerprint density at radius 1 is 1.11 bits per heavy atom. The lowest BCUT2D eigenvalue weighted by atomic mass is 9.84. The van der Waals surface area contributed by atoms with Crippen molar-refractivity contribution in [3.8, 4) is 0 Å². The second-order valence-corrected chi connectivity index (χ2v) is 8.17. The van der Waals surface area contributed by atoms with Gasteiger partial charge in [0.1, 0.15) is 12.2 Å². The molecule has 1 aliphatic carbocycles. The highest BCUT2D eigenvalue weighted by Crippen LogP contribution is 2.36. The van der Waals surface area contributed by atoms with Crippen molar-refractivity contribution in [1.82, 2.24) is 0 Å². The molecule has 2 fully saturated rings. The Balaban J connectivity index is 1.82. The topological polar surface area (TPSA) is 63.2 Å². The summed E-state index contributed by atoms with van der Waals surface area (Å²) in [5, 5.41) is 0. The van der Waals surface area contributed by atoms with Gasteiger partial charge in [-0.05, 0) is 31.6 Å². The molecular formula is C12H22O6Si. The van der Waals surface area contributed by atoms with Crippen LogP contribution in [0.2, 0.25) is 6.04 Å². The molecule has 0 aromatic heterocycles. The molecule has 3 unspecified atom stereocenters. The first kappa shape index (κ1) is 14.8. The zero-order chi connectivity index (χ0) is 13.9. The normalized spacial score (nSPS) is 30.7. The molecule has 0 bridgehead atoms. The van der Waals surface area contributed by atoms with E-state index in [1.807, 2.05) is 0 Å². The summed E-state index contributed by atoms with van der Waals surface area (Å²) in [7, 11) is 2.40. The third-order valence-corrected chi connectivity index (χ3v) is 6.89. The first-order valence-corrected chi connectivity index (χ1v) is 8.58. The average Bonchev–Trinajstić information content (AvgIpc) is 2.80. The van der Waals surface area contributed by atoms with E-state index in [2.05, 4.69) is 0 Å². The van der Waals surface area contributed by atoms with Crippen molar-refractivity contribution in [3.63, 3.8) is 0 Å². The van der Waals surface area contributed by atoms with Gasteiger partial charge in [-0.2, -0.15) is 0 Å². The van der Waals surface area contributed by atoms with Crippen molar-refractivity contribution in [2.24, 2.45) is 5.92 Å². The van der Waals surface area contributed by atoms with Crippen molar-refractivity contribution in [3.05, 3.63) is 0 Å². The Hall–Kier alpha value is -0.633. The Morgan fingerprint density at radius 2 is 1.74 bits per heavy atom. The van der Waals surface area contributed by atoms with Gasteiger partial charge in [0.15, 0.2) is 0 Å². The van der Waals surface area contributed by atoms with Gasteiger partial charge in [-0.3, -0.25) is 0 Å². The molecule has 6 nitrogen and oxygen atoms in total. The van der Waals surface area contributed by atoms with Crippen molar-refractivity contribution in [2.75, 3.05) is 21.3 Å². The van der Waals surface area contributed by atoms with Crippen LogP contribution < -0.4 is 0 Å². The molecule has 2 rings (SSSR count). The third-order valence-electron chi connectivity index (χ3n) is 4.13. The van der Waals surface area contributed by atoms with E-state index < -0.39 is 15.0 Å². The molecule has 7 heteroatoms. The largest absolute Gasteiger partial charge is 0.509 e. The first-order valence-electron chi connectivity index (χ1n) is 6.65. The lowest BCUT2D eigenvalue weighted by Gasteiger charge is -2.30. The van der Waals surface area contributed by atoms with Gasteiger partial charge >= 0.3 is 15.0 Å². The van der Waals surface area contributed by atoms with Crippen molar-refractivity contribution < 1.29 is 27.5 Å². The van der Waals surface area contributed by atoms with Crippen molar-refractivity contribution in [1.29, 1.82) is 0 Å². The quantitative estimate of drug-likeness (QED) is 0.550. The van der Waals surface area contributed by atoms with Crippen LogP contribution >= 0.6 is 0 Å². The first-order chi connectivity index (χ1) is 9.12. The molecule has 19 heavy (non-hydrogen) atoms. The summed E-state index contributed by atoms with van der Waals surface area (Å²) in [5.74, 6) is 0.503. The minimum atomic E-state index is -2.49. The maximum atomic E-state index is 11.1. The van der Waals surface area contributed by atoms with Crippen LogP contribution in [0.15, 0.2) is 0 Å². The third kappa shape index (κ3) is 3.28. The molecule has 3 atom stereocenters. The molecule has 0 amide bonds. The summed E-state index contributed by atoms with van der Waals surface area (Å²) >= 11 is 0. The number of carbonyl (C=O) groups excluding carboxylic acids is 1. The maximum Gasteiger partial charge on any atom is 0.509 e. The van der Waals surface area contributed by atoms with Gasteiger partial charge in [0, 0.05) is 27.4 Å². The molecule has 0 aromatic carbocycles. The standard InChI is InChI=1S/C12H22O6Si/c1-14-19(15-2,16-3)7-6-9-4-5-10-11(8-9)18-12(13)17-10/h9-11H,4-8H2,1-3H3. The second kappa shape index (κ2) is 6.21. The summed E-state index contributed by atoms with van der Waals surface area (Å²) in [6, 6.07) is 0.785. The van der Waals surface area contributed by atoms with Crippen molar-refractivity contribution >= 4 is 15.0 Å². The van der Waals surface area contributed by atoms with E-state index in [9.17, 15) is 4.79 Å².